The van der Waals surface area contributed by atoms with E-state index in [0.717, 1.165) is 19.4 Å². The van der Waals surface area contributed by atoms with Crippen LogP contribution in [-0.2, 0) is 9.53 Å². The van der Waals surface area contributed by atoms with E-state index >= 15 is 0 Å². The summed E-state index contributed by atoms with van der Waals surface area (Å²) >= 11 is 0. The zero-order valence-electron chi connectivity index (χ0n) is 14.5. The third kappa shape index (κ3) is 4.67. The minimum Gasteiger partial charge on any atom is -0.478 e. The zero-order valence-corrected chi connectivity index (χ0v) is 14.5. The van der Waals surface area contributed by atoms with E-state index in [4.69, 9.17) is 14.6 Å². The van der Waals surface area contributed by atoms with Gasteiger partial charge in [-0.1, -0.05) is 0 Å². The lowest BCUT2D eigenvalue weighted by Crippen LogP contribution is -2.42. The van der Waals surface area contributed by atoms with Crippen LogP contribution in [0.1, 0.15) is 49.5 Å². The number of rotatable bonds is 5. The van der Waals surface area contributed by atoms with Gasteiger partial charge in [0.05, 0.1) is 5.56 Å². The first-order valence-corrected chi connectivity index (χ1v) is 7.97. The van der Waals surface area contributed by atoms with Gasteiger partial charge in [-0.3, -0.25) is 9.69 Å². The second-order valence-electron chi connectivity index (χ2n) is 6.93. The maximum absolute atomic E-state index is 12.3. The number of ether oxygens (including phenoxy) is 2. The van der Waals surface area contributed by atoms with Crippen LogP contribution in [-0.4, -0.2) is 51.8 Å². The van der Waals surface area contributed by atoms with E-state index in [1.807, 2.05) is 25.7 Å². The number of carboxylic acids is 1. The number of carbonyl (C=O) groups is 2. The van der Waals surface area contributed by atoms with Crippen LogP contribution in [0.4, 0.5) is 0 Å². The van der Waals surface area contributed by atoms with Gasteiger partial charge >= 0.3 is 11.9 Å². The molecule has 0 saturated carbocycles. The van der Waals surface area contributed by atoms with Crippen molar-refractivity contribution in [3.05, 3.63) is 23.4 Å². The molecule has 7 nitrogen and oxygen atoms in total. The van der Waals surface area contributed by atoms with Crippen molar-refractivity contribution < 1.29 is 24.2 Å². The Morgan fingerprint density at radius 1 is 1.42 bits per heavy atom. The summed E-state index contributed by atoms with van der Waals surface area (Å²) in [6, 6.07) is 1.20. The highest BCUT2D eigenvalue weighted by atomic mass is 16.6. The number of pyridine rings is 1. The highest BCUT2D eigenvalue weighted by molar-refractivity contribution is 5.87. The molecule has 24 heavy (non-hydrogen) atoms. The molecule has 0 spiro atoms. The van der Waals surface area contributed by atoms with Crippen LogP contribution < -0.4 is 4.74 Å². The van der Waals surface area contributed by atoms with E-state index < -0.39 is 11.6 Å². The molecule has 1 saturated heterocycles. The van der Waals surface area contributed by atoms with Crippen LogP contribution >= 0.6 is 0 Å². The second kappa shape index (κ2) is 7.17. The normalized spacial score (nSPS) is 18.4. The smallest absolute Gasteiger partial charge is 0.337 e. The van der Waals surface area contributed by atoms with Crippen molar-refractivity contribution in [3.8, 4) is 5.88 Å². The Morgan fingerprint density at radius 2 is 2.12 bits per heavy atom. The van der Waals surface area contributed by atoms with Crippen LogP contribution in [0.3, 0.4) is 0 Å². The van der Waals surface area contributed by atoms with Gasteiger partial charge in [-0.05, 0) is 46.6 Å². The fraction of sp³-hybridized carbons (Fsp3) is 0.588. The van der Waals surface area contributed by atoms with Gasteiger partial charge in [0.1, 0.15) is 18.4 Å². The first-order chi connectivity index (χ1) is 11.2. The maximum atomic E-state index is 12.3. The summed E-state index contributed by atoms with van der Waals surface area (Å²) in [7, 11) is 0. The number of nitrogens with zero attached hydrogens (tertiary/aromatic N) is 2. The molecule has 0 amide bonds. The summed E-state index contributed by atoms with van der Waals surface area (Å²) < 4.78 is 11.1. The lowest BCUT2D eigenvalue weighted by Gasteiger charge is -2.27. The molecule has 0 radical (unpaired) electrons. The van der Waals surface area contributed by atoms with Crippen molar-refractivity contribution in [1.82, 2.24) is 9.88 Å². The summed E-state index contributed by atoms with van der Waals surface area (Å²) in [5.74, 6) is -0.897. The van der Waals surface area contributed by atoms with E-state index in [2.05, 4.69) is 4.98 Å². The van der Waals surface area contributed by atoms with Gasteiger partial charge in [0.2, 0.25) is 5.88 Å². The molecule has 2 rings (SSSR count). The Labute approximate surface area is 141 Å². The van der Waals surface area contributed by atoms with Crippen LogP contribution in [0.25, 0.3) is 0 Å². The van der Waals surface area contributed by atoms with Gasteiger partial charge in [0.15, 0.2) is 0 Å². The lowest BCUT2D eigenvalue weighted by atomic mass is 10.1. The zero-order chi connectivity index (χ0) is 17.9. The quantitative estimate of drug-likeness (QED) is 0.825. The molecular formula is C17H24N2O5. The molecule has 0 bridgehead atoms. The Kier molecular flexibility index (Phi) is 5.43. The number of aromatic carboxylic acids is 1. The van der Waals surface area contributed by atoms with Gasteiger partial charge < -0.3 is 14.6 Å². The summed E-state index contributed by atoms with van der Waals surface area (Å²) in [5.41, 5.74) is 0.243. The monoisotopic (exact) mass is 336 g/mol. The first kappa shape index (κ1) is 18.2. The minimum absolute atomic E-state index is 0.118. The number of aryl methyl sites for hydroxylation is 1. The SMILES string of the molecule is Cc1cc(C(=O)O)cnc1OCN1CCCC1C(=O)OC(C)(C)C. The Morgan fingerprint density at radius 3 is 2.71 bits per heavy atom. The first-order valence-electron chi connectivity index (χ1n) is 7.97. The van der Waals surface area contributed by atoms with E-state index in [1.165, 1.54) is 12.3 Å². The topological polar surface area (TPSA) is 89.0 Å². The van der Waals surface area contributed by atoms with Crippen molar-refractivity contribution in [2.24, 2.45) is 0 Å². The Bertz CT molecular complexity index is 624. The van der Waals surface area contributed by atoms with Gasteiger partial charge in [0.25, 0.3) is 0 Å². The van der Waals surface area contributed by atoms with E-state index in [1.54, 1.807) is 6.92 Å². The van der Waals surface area contributed by atoms with Crippen molar-refractivity contribution in [3.63, 3.8) is 0 Å². The molecule has 1 unspecified atom stereocenters. The predicted molar refractivity (Wildman–Crippen MR) is 87.0 cm³/mol. The number of aromatic nitrogens is 1. The van der Waals surface area contributed by atoms with Crippen molar-refractivity contribution in [1.29, 1.82) is 0 Å². The molecule has 1 aromatic heterocycles. The average molecular weight is 336 g/mol. The van der Waals surface area contributed by atoms with Crippen LogP contribution in [0.5, 0.6) is 5.88 Å². The van der Waals surface area contributed by atoms with E-state index in [0.29, 0.717) is 11.4 Å². The highest BCUT2D eigenvalue weighted by Crippen LogP contribution is 2.22. The number of likely N-dealkylation sites (tertiary alicyclic amines) is 1. The van der Waals surface area contributed by atoms with Gasteiger partial charge in [-0.2, -0.15) is 0 Å². The molecule has 0 aliphatic carbocycles. The number of carboxylic acid groups (broad SMARTS) is 1. The molecule has 1 aromatic rings. The summed E-state index contributed by atoms with van der Waals surface area (Å²) in [6.07, 6.45) is 2.90. The third-order valence-electron chi connectivity index (χ3n) is 3.69. The molecule has 1 aliphatic heterocycles. The number of carbonyl (C=O) groups excluding carboxylic acids is 1. The Hall–Kier alpha value is -2.15. The fourth-order valence-electron chi connectivity index (χ4n) is 2.59. The molecule has 1 N–H and O–H groups in total. The predicted octanol–water partition coefficient (Wildman–Crippen LogP) is 2.23. The Balaban J connectivity index is 1.98. The fourth-order valence-corrected chi connectivity index (χ4v) is 2.59. The number of esters is 1. The van der Waals surface area contributed by atoms with Gasteiger partial charge in [-0.25, -0.2) is 9.78 Å². The summed E-state index contributed by atoms with van der Waals surface area (Å²) in [4.78, 5) is 29.2. The van der Waals surface area contributed by atoms with Crippen LogP contribution in [0.15, 0.2) is 12.3 Å². The molecule has 1 atom stereocenters. The largest absolute Gasteiger partial charge is 0.478 e. The minimum atomic E-state index is -1.03. The van der Waals surface area contributed by atoms with Crippen molar-refractivity contribution >= 4 is 11.9 Å². The van der Waals surface area contributed by atoms with Gasteiger partial charge in [0, 0.05) is 18.3 Å². The molecule has 2 heterocycles. The van der Waals surface area contributed by atoms with Crippen molar-refractivity contribution in [2.45, 2.75) is 52.2 Å². The van der Waals surface area contributed by atoms with E-state index in [-0.39, 0.29) is 24.3 Å². The van der Waals surface area contributed by atoms with Crippen LogP contribution in [0.2, 0.25) is 0 Å². The van der Waals surface area contributed by atoms with Crippen LogP contribution in [0, 0.1) is 6.92 Å². The lowest BCUT2D eigenvalue weighted by molar-refractivity contribution is -0.161. The highest BCUT2D eigenvalue weighted by Gasteiger charge is 2.34. The average Bonchev–Trinajstić information content (AvgIpc) is 2.92. The molecule has 0 aromatic carbocycles. The second-order valence-corrected chi connectivity index (χ2v) is 6.93. The third-order valence-corrected chi connectivity index (χ3v) is 3.69. The summed E-state index contributed by atoms with van der Waals surface area (Å²) in [5, 5.41) is 8.95. The summed E-state index contributed by atoms with van der Waals surface area (Å²) in [6.45, 7) is 8.23. The van der Waals surface area contributed by atoms with Crippen molar-refractivity contribution in [2.75, 3.05) is 13.3 Å². The molecule has 1 aliphatic rings. The standard InChI is InChI=1S/C17H24N2O5/c1-11-8-12(15(20)21)9-18-14(11)23-10-19-7-5-6-13(19)16(22)24-17(2,3)4/h8-9,13H,5-7,10H2,1-4H3,(H,20,21). The molecular weight excluding hydrogens is 312 g/mol. The van der Waals surface area contributed by atoms with Gasteiger partial charge in [-0.15, -0.1) is 0 Å². The van der Waals surface area contributed by atoms with E-state index in [9.17, 15) is 9.59 Å². The maximum Gasteiger partial charge on any atom is 0.337 e. The molecule has 132 valence electrons. The number of hydrogen-bond donors (Lipinski definition) is 1. The molecule has 1 fully saturated rings. The number of hydrogen-bond acceptors (Lipinski definition) is 6. The molecule has 7 heteroatoms.